The van der Waals surface area contributed by atoms with Crippen molar-refractivity contribution in [1.29, 1.82) is 0 Å². The maximum Gasteiger partial charge on any atom is 0.267 e. The summed E-state index contributed by atoms with van der Waals surface area (Å²) in [6, 6.07) is -1.05. The Morgan fingerprint density at radius 3 is 1.18 bits per heavy atom. The Bertz CT molecular complexity index is 903. The van der Waals surface area contributed by atoms with Crippen molar-refractivity contribution in [3.63, 3.8) is 0 Å². The number of carbonyl (C=O) groups is 1. The van der Waals surface area contributed by atoms with E-state index in [9.17, 15) is 22.9 Å². The van der Waals surface area contributed by atoms with Crippen LogP contribution in [0, 0.1) is 0 Å². The molecule has 0 saturated carbocycles. The fourth-order valence-corrected chi connectivity index (χ4v) is 7.53. The van der Waals surface area contributed by atoms with Crippen LogP contribution >= 0.6 is 0 Å². The van der Waals surface area contributed by atoms with Crippen LogP contribution in [-0.4, -0.2) is 41.9 Å². The van der Waals surface area contributed by atoms with Crippen molar-refractivity contribution in [3.8, 4) is 0 Å². The minimum absolute atomic E-state index is 0.278. The fraction of sp³-hybridized carbons (Fsp3) is 0.886. The second-order valence-electron chi connectivity index (χ2n) is 15.3. The zero-order chi connectivity index (χ0) is 37.5. The summed E-state index contributed by atoms with van der Waals surface area (Å²) >= 11 is 0. The van der Waals surface area contributed by atoms with Gasteiger partial charge in [-0.1, -0.05) is 205 Å². The van der Waals surface area contributed by atoms with E-state index >= 15 is 0 Å². The smallest absolute Gasteiger partial charge is 0.267 e. The number of amides is 1. The molecule has 6 nitrogen and oxygen atoms in total. The lowest BCUT2D eigenvalue weighted by molar-refractivity contribution is -0.122. The van der Waals surface area contributed by atoms with Crippen molar-refractivity contribution < 1.29 is 22.9 Å². The normalized spacial score (nSPS) is 13.4. The van der Waals surface area contributed by atoms with Gasteiger partial charge < -0.3 is 10.4 Å². The molecule has 0 aliphatic heterocycles. The monoisotopic (exact) mass is 740 g/mol. The fourth-order valence-electron chi connectivity index (χ4n) is 6.80. The highest BCUT2D eigenvalue weighted by Crippen LogP contribution is 2.15. The lowest BCUT2D eigenvalue weighted by atomic mass is 10.0. The Kier molecular flexibility index (Phi) is 37.6. The van der Waals surface area contributed by atoms with Crippen molar-refractivity contribution in [2.45, 2.75) is 244 Å². The van der Waals surface area contributed by atoms with Gasteiger partial charge in [0.1, 0.15) is 0 Å². The van der Waals surface area contributed by atoms with Gasteiger partial charge >= 0.3 is 0 Å². The van der Waals surface area contributed by atoms with Gasteiger partial charge in [-0.05, 0) is 44.9 Å². The number of hydrogen-bond acceptors (Lipinski definition) is 4. The minimum Gasteiger partial charge on any atom is -0.387 e. The number of nitrogens with one attached hydrogen (secondary N) is 1. The average Bonchev–Trinajstić information content (AvgIpc) is 3.09. The summed E-state index contributed by atoms with van der Waals surface area (Å²) < 4.78 is 32.5. The van der Waals surface area contributed by atoms with E-state index in [2.05, 4.69) is 31.3 Å². The van der Waals surface area contributed by atoms with Gasteiger partial charge in [-0.25, -0.2) is 0 Å². The summed E-state index contributed by atoms with van der Waals surface area (Å²) in [5.74, 6) is -0.974. The quantitative estimate of drug-likeness (QED) is 0.0330. The van der Waals surface area contributed by atoms with Gasteiger partial charge in [0.25, 0.3) is 10.1 Å². The van der Waals surface area contributed by atoms with Crippen LogP contribution in [0.2, 0.25) is 0 Å². The predicted molar refractivity (Wildman–Crippen MR) is 221 cm³/mol. The molecule has 0 bridgehead atoms. The van der Waals surface area contributed by atoms with E-state index in [1.165, 1.54) is 173 Å². The number of hydrogen-bond donors (Lipinski definition) is 3. The van der Waals surface area contributed by atoms with Gasteiger partial charge in [-0.15, -0.1) is 0 Å². The van der Waals surface area contributed by atoms with Crippen molar-refractivity contribution in [2.24, 2.45) is 0 Å². The first-order chi connectivity index (χ1) is 24.8. The van der Waals surface area contributed by atoms with Crippen LogP contribution in [0.4, 0.5) is 0 Å². The maximum atomic E-state index is 12.5. The van der Waals surface area contributed by atoms with Gasteiger partial charge in [-0.2, -0.15) is 8.42 Å². The summed E-state index contributed by atoms with van der Waals surface area (Å²) in [6.45, 7) is 4.53. The maximum absolute atomic E-state index is 12.5. The Hall–Kier alpha value is -1.18. The topological polar surface area (TPSA) is 104 Å². The van der Waals surface area contributed by atoms with Crippen molar-refractivity contribution in [1.82, 2.24) is 5.32 Å². The first-order valence-electron chi connectivity index (χ1n) is 22.0. The number of unbranched alkanes of at least 4 members (excludes halogenated alkanes) is 30. The highest BCUT2D eigenvalue weighted by molar-refractivity contribution is 7.85. The van der Waals surface area contributed by atoms with Crippen molar-refractivity contribution >= 4 is 16.0 Å². The molecule has 302 valence electrons. The Balaban J connectivity index is 3.87. The highest BCUT2D eigenvalue weighted by Gasteiger charge is 2.24. The van der Waals surface area contributed by atoms with Crippen LogP contribution in [0.5, 0.6) is 0 Å². The molecule has 7 heteroatoms. The van der Waals surface area contributed by atoms with Crippen LogP contribution in [-0.2, 0) is 14.9 Å². The number of aliphatic hydroxyl groups is 1. The minimum atomic E-state index is -4.34. The van der Waals surface area contributed by atoms with Gasteiger partial charge in [0.15, 0.2) is 0 Å². The third-order valence-corrected chi connectivity index (χ3v) is 10.9. The zero-order valence-electron chi connectivity index (χ0n) is 33.7. The third-order valence-electron chi connectivity index (χ3n) is 10.1. The molecule has 0 aromatic rings. The molecule has 0 aliphatic rings. The summed E-state index contributed by atoms with van der Waals surface area (Å²) in [6.07, 6.45) is 48.8. The molecule has 0 saturated heterocycles. The Morgan fingerprint density at radius 2 is 0.824 bits per heavy atom. The Labute approximate surface area is 317 Å². The summed E-state index contributed by atoms with van der Waals surface area (Å²) in [5.41, 5.74) is 0. The molecule has 1 amide bonds. The molecule has 2 atom stereocenters. The number of carbonyl (C=O) groups excluding carboxylic acids is 1. The molecule has 0 spiro atoms. The van der Waals surface area contributed by atoms with Gasteiger partial charge in [-0.3, -0.25) is 9.35 Å². The number of aliphatic hydroxyl groups excluding tert-OH is 1. The van der Waals surface area contributed by atoms with E-state index in [0.29, 0.717) is 6.42 Å². The second kappa shape index (κ2) is 38.5. The van der Waals surface area contributed by atoms with Crippen LogP contribution in [0.15, 0.2) is 24.3 Å². The van der Waals surface area contributed by atoms with E-state index in [1.54, 1.807) is 6.08 Å². The van der Waals surface area contributed by atoms with Crippen LogP contribution in [0.3, 0.4) is 0 Å². The van der Waals surface area contributed by atoms with E-state index in [-0.39, 0.29) is 5.91 Å². The van der Waals surface area contributed by atoms with Crippen LogP contribution in [0.25, 0.3) is 0 Å². The molecular formula is C44H85NO5S. The largest absolute Gasteiger partial charge is 0.387 e. The molecule has 0 rings (SSSR count). The molecule has 0 aliphatic carbocycles. The van der Waals surface area contributed by atoms with Crippen LogP contribution < -0.4 is 5.32 Å². The SMILES string of the molecule is CCCCCCCC/C=C\CCCCCCCCCCCC(=O)NC(CS(=O)(=O)O)C(O)/C=C/CCCCCCCCCCCCCCCCC. The first kappa shape index (κ1) is 49.8. The van der Waals surface area contributed by atoms with Gasteiger partial charge in [0.2, 0.25) is 5.91 Å². The molecule has 3 N–H and O–H groups in total. The van der Waals surface area contributed by atoms with E-state index in [1.807, 2.05) is 6.08 Å². The molecule has 0 aromatic carbocycles. The molecule has 51 heavy (non-hydrogen) atoms. The van der Waals surface area contributed by atoms with E-state index < -0.39 is 28.0 Å². The third kappa shape index (κ3) is 39.9. The average molecular weight is 740 g/mol. The zero-order valence-corrected chi connectivity index (χ0v) is 34.6. The summed E-state index contributed by atoms with van der Waals surface area (Å²) in [7, 11) is -4.34. The standard InChI is InChI=1S/C44H85NO5S/c1-3-5-7-9-11-13-15-17-19-21-22-24-26-28-30-32-34-36-38-40-44(47)45-42(41-51(48,49)50)43(46)39-37-35-33-31-29-27-25-23-20-18-16-14-12-10-8-6-4-2/h17,19,37,39,42-43,46H,3-16,18,20-36,38,40-41H2,1-2H3,(H,45,47)(H,48,49,50)/b19-17-,39-37+. The lowest BCUT2D eigenvalue weighted by Crippen LogP contribution is -2.46. The van der Waals surface area contributed by atoms with Crippen LogP contribution in [0.1, 0.15) is 232 Å². The number of allylic oxidation sites excluding steroid dienone is 3. The van der Waals surface area contributed by atoms with Gasteiger partial charge in [0, 0.05) is 6.42 Å². The van der Waals surface area contributed by atoms with Gasteiger partial charge in [0.05, 0.1) is 17.9 Å². The highest BCUT2D eigenvalue weighted by atomic mass is 32.2. The molecular weight excluding hydrogens is 655 g/mol. The second-order valence-corrected chi connectivity index (χ2v) is 16.8. The summed E-state index contributed by atoms with van der Waals surface area (Å²) in [5, 5.41) is 13.3. The molecule has 0 aromatic heterocycles. The molecule has 0 fully saturated rings. The summed E-state index contributed by atoms with van der Waals surface area (Å²) in [4.78, 5) is 12.5. The molecule has 0 heterocycles. The first-order valence-corrected chi connectivity index (χ1v) is 23.6. The number of rotatable bonds is 40. The Morgan fingerprint density at radius 1 is 0.510 bits per heavy atom. The van der Waals surface area contributed by atoms with E-state index in [0.717, 1.165) is 38.5 Å². The van der Waals surface area contributed by atoms with E-state index in [4.69, 9.17) is 0 Å². The molecule has 2 unspecified atom stereocenters. The lowest BCUT2D eigenvalue weighted by Gasteiger charge is -2.21. The predicted octanol–water partition coefficient (Wildman–Crippen LogP) is 13.1. The van der Waals surface area contributed by atoms with Crippen molar-refractivity contribution in [2.75, 3.05) is 5.75 Å². The van der Waals surface area contributed by atoms with Crippen molar-refractivity contribution in [3.05, 3.63) is 24.3 Å². The molecule has 0 radical (unpaired) electrons.